The zero-order chi connectivity index (χ0) is 15.4. The standard InChI is InChI=1S/C14H16F2N4O/c1-2-3-11-12(17)13(20-19-11)14(21)18-7-8-4-5-9(15)10(16)6-8/h4-6H,2-3,7,17H2,1H3,(H,18,21)(H,19,20). The minimum atomic E-state index is -0.953. The second-order valence-electron chi connectivity index (χ2n) is 4.65. The third kappa shape index (κ3) is 3.36. The Kier molecular flexibility index (Phi) is 4.52. The lowest BCUT2D eigenvalue weighted by atomic mass is 10.2. The lowest BCUT2D eigenvalue weighted by Crippen LogP contribution is -2.24. The fraction of sp³-hybridized carbons (Fsp3) is 0.286. The van der Waals surface area contributed by atoms with E-state index in [-0.39, 0.29) is 12.2 Å². The molecule has 1 aromatic carbocycles. The second kappa shape index (κ2) is 6.34. The van der Waals surface area contributed by atoms with Gasteiger partial charge in [-0.25, -0.2) is 8.78 Å². The van der Waals surface area contributed by atoms with E-state index in [1.807, 2.05) is 6.92 Å². The molecule has 0 fully saturated rings. The van der Waals surface area contributed by atoms with Crippen LogP contribution in [-0.4, -0.2) is 16.1 Å². The molecule has 1 heterocycles. The number of rotatable bonds is 5. The first-order chi connectivity index (χ1) is 10.0. The average Bonchev–Trinajstić information content (AvgIpc) is 2.82. The predicted molar refractivity (Wildman–Crippen MR) is 74.5 cm³/mol. The van der Waals surface area contributed by atoms with Crippen molar-refractivity contribution in [2.24, 2.45) is 0 Å². The number of aromatic amines is 1. The van der Waals surface area contributed by atoms with Crippen LogP contribution in [0.4, 0.5) is 14.5 Å². The Labute approximate surface area is 120 Å². The van der Waals surface area contributed by atoms with Crippen molar-refractivity contribution < 1.29 is 13.6 Å². The van der Waals surface area contributed by atoms with E-state index in [1.54, 1.807) is 0 Å². The number of nitrogens with two attached hydrogens (primary N) is 1. The number of carbonyl (C=O) groups excluding carboxylic acids is 1. The molecule has 0 aliphatic carbocycles. The SMILES string of the molecule is CCCc1[nH]nc(C(=O)NCc2ccc(F)c(F)c2)c1N. The van der Waals surface area contributed by atoms with Crippen LogP contribution >= 0.6 is 0 Å². The lowest BCUT2D eigenvalue weighted by molar-refractivity contribution is 0.0946. The fourth-order valence-electron chi connectivity index (χ4n) is 1.92. The zero-order valence-electron chi connectivity index (χ0n) is 11.5. The van der Waals surface area contributed by atoms with Crippen LogP contribution in [0.3, 0.4) is 0 Å². The van der Waals surface area contributed by atoms with Crippen LogP contribution in [-0.2, 0) is 13.0 Å². The number of anilines is 1. The first-order valence-electron chi connectivity index (χ1n) is 6.57. The maximum atomic E-state index is 13.1. The van der Waals surface area contributed by atoms with E-state index >= 15 is 0 Å². The Morgan fingerprint density at radius 1 is 1.38 bits per heavy atom. The van der Waals surface area contributed by atoms with E-state index < -0.39 is 17.5 Å². The van der Waals surface area contributed by atoms with Gasteiger partial charge >= 0.3 is 0 Å². The van der Waals surface area contributed by atoms with Crippen LogP contribution in [0.5, 0.6) is 0 Å². The lowest BCUT2D eigenvalue weighted by Gasteiger charge is -2.05. The van der Waals surface area contributed by atoms with E-state index in [1.165, 1.54) is 6.07 Å². The zero-order valence-corrected chi connectivity index (χ0v) is 11.5. The van der Waals surface area contributed by atoms with E-state index in [0.29, 0.717) is 17.7 Å². The largest absolute Gasteiger partial charge is 0.395 e. The molecule has 1 amide bonds. The summed E-state index contributed by atoms with van der Waals surface area (Å²) in [4.78, 5) is 12.0. The number of H-pyrrole nitrogens is 1. The molecule has 112 valence electrons. The number of carbonyl (C=O) groups is 1. The summed E-state index contributed by atoms with van der Waals surface area (Å²) in [6, 6.07) is 3.44. The third-order valence-electron chi connectivity index (χ3n) is 3.04. The van der Waals surface area contributed by atoms with E-state index in [4.69, 9.17) is 5.73 Å². The first-order valence-corrected chi connectivity index (χ1v) is 6.57. The smallest absolute Gasteiger partial charge is 0.274 e. The van der Waals surface area contributed by atoms with Crippen LogP contribution in [0.2, 0.25) is 0 Å². The molecule has 0 unspecified atom stereocenters. The molecule has 2 aromatic rings. The molecule has 5 nitrogen and oxygen atoms in total. The second-order valence-corrected chi connectivity index (χ2v) is 4.65. The van der Waals surface area contributed by atoms with Crippen LogP contribution in [0.25, 0.3) is 0 Å². The van der Waals surface area contributed by atoms with Gasteiger partial charge in [0.1, 0.15) is 0 Å². The van der Waals surface area contributed by atoms with Crippen molar-refractivity contribution in [2.75, 3.05) is 5.73 Å². The summed E-state index contributed by atoms with van der Waals surface area (Å²) >= 11 is 0. The van der Waals surface area contributed by atoms with Gasteiger partial charge in [-0.15, -0.1) is 0 Å². The van der Waals surface area contributed by atoms with Gasteiger partial charge in [0, 0.05) is 6.54 Å². The minimum Gasteiger partial charge on any atom is -0.395 e. The molecule has 0 radical (unpaired) electrons. The van der Waals surface area contributed by atoms with Gasteiger partial charge in [0.15, 0.2) is 17.3 Å². The molecule has 0 aliphatic heterocycles. The van der Waals surface area contributed by atoms with Gasteiger partial charge in [0.25, 0.3) is 5.91 Å². The molecule has 0 atom stereocenters. The summed E-state index contributed by atoms with van der Waals surface area (Å²) in [5.74, 6) is -2.34. The number of nitrogens with zero attached hydrogens (tertiary/aromatic N) is 1. The van der Waals surface area contributed by atoms with Gasteiger partial charge in [0.05, 0.1) is 11.4 Å². The summed E-state index contributed by atoms with van der Waals surface area (Å²) in [5.41, 5.74) is 7.44. The van der Waals surface area contributed by atoms with Crippen molar-refractivity contribution in [1.29, 1.82) is 0 Å². The molecule has 0 bridgehead atoms. The highest BCUT2D eigenvalue weighted by Crippen LogP contribution is 2.15. The number of halogens is 2. The van der Waals surface area contributed by atoms with Gasteiger partial charge in [-0.1, -0.05) is 19.4 Å². The average molecular weight is 294 g/mol. The molecule has 0 saturated heterocycles. The van der Waals surface area contributed by atoms with Crippen LogP contribution in [0.1, 0.15) is 35.1 Å². The van der Waals surface area contributed by atoms with Gasteiger partial charge in [-0.3, -0.25) is 9.89 Å². The number of aromatic nitrogens is 2. The Morgan fingerprint density at radius 2 is 2.14 bits per heavy atom. The molecule has 7 heteroatoms. The van der Waals surface area contributed by atoms with Crippen LogP contribution in [0, 0.1) is 11.6 Å². The Morgan fingerprint density at radius 3 is 2.81 bits per heavy atom. The van der Waals surface area contributed by atoms with Gasteiger partial charge < -0.3 is 11.1 Å². The quantitative estimate of drug-likeness (QED) is 0.790. The summed E-state index contributed by atoms with van der Waals surface area (Å²) in [7, 11) is 0. The molecule has 1 aromatic heterocycles. The van der Waals surface area contributed by atoms with Gasteiger partial charge in [0.2, 0.25) is 0 Å². The fourth-order valence-corrected chi connectivity index (χ4v) is 1.92. The van der Waals surface area contributed by atoms with Crippen LogP contribution < -0.4 is 11.1 Å². The number of hydrogen-bond donors (Lipinski definition) is 3. The van der Waals surface area contributed by atoms with Crippen molar-refractivity contribution in [3.63, 3.8) is 0 Å². The normalized spacial score (nSPS) is 10.6. The number of nitrogens with one attached hydrogen (secondary N) is 2. The van der Waals surface area contributed by atoms with Gasteiger partial charge in [-0.05, 0) is 24.1 Å². The topological polar surface area (TPSA) is 83.8 Å². The van der Waals surface area contributed by atoms with E-state index in [9.17, 15) is 13.6 Å². The molecule has 4 N–H and O–H groups in total. The molecule has 2 rings (SSSR count). The van der Waals surface area contributed by atoms with Crippen molar-refractivity contribution in [2.45, 2.75) is 26.3 Å². The Balaban J connectivity index is 2.03. The summed E-state index contributed by atoms with van der Waals surface area (Å²) in [6.45, 7) is 2.05. The monoisotopic (exact) mass is 294 g/mol. The predicted octanol–water partition coefficient (Wildman–Crippen LogP) is 2.15. The minimum absolute atomic E-state index is 0.0610. The number of benzene rings is 1. The summed E-state index contributed by atoms with van der Waals surface area (Å²) in [5, 5.41) is 9.17. The molecule has 21 heavy (non-hydrogen) atoms. The highest BCUT2D eigenvalue weighted by molar-refractivity contribution is 5.97. The van der Waals surface area contributed by atoms with Gasteiger partial charge in [-0.2, -0.15) is 5.10 Å². The number of aryl methyl sites for hydroxylation is 1. The molecule has 0 spiro atoms. The van der Waals surface area contributed by atoms with Crippen molar-refractivity contribution in [3.05, 3.63) is 46.8 Å². The molecular formula is C14H16F2N4O. The molecule has 0 saturated carbocycles. The maximum Gasteiger partial charge on any atom is 0.274 e. The van der Waals surface area contributed by atoms with Crippen LogP contribution in [0.15, 0.2) is 18.2 Å². The highest BCUT2D eigenvalue weighted by atomic mass is 19.2. The molecular weight excluding hydrogens is 278 g/mol. The van der Waals surface area contributed by atoms with E-state index in [0.717, 1.165) is 24.2 Å². The third-order valence-corrected chi connectivity index (χ3v) is 3.04. The summed E-state index contributed by atoms with van der Waals surface area (Å²) in [6.07, 6.45) is 1.58. The van der Waals surface area contributed by atoms with Crippen molar-refractivity contribution >= 4 is 11.6 Å². The van der Waals surface area contributed by atoms with Crippen molar-refractivity contribution in [3.8, 4) is 0 Å². The number of amides is 1. The molecule has 0 aliphatic rings. The summed E-state index contributed by atoms with van der Waals surface area (Å²) < 4.78 is 25.9. The highest BCUT2D eigenvalue weighted by Gasteiger charge is 2.16. The van der Waals surface area contributed by atoms with Crippen molar-refractivity contribution in [1.82, 2.24) is 15.5 Å². The Hall–Kier alpha value is -2.44. The Bertz CT molecular complexity index is 654. The first kappa shape index (κ1) is 15.0. The maximum absolute atomic E-state index is 13.1. The number of nitrogen functional groups attached to an aromatic ring is 1. The number of hydrogen-bond acceptors (Lipinski definition) is 3. The van der Waals surface area contributed by atoms with E-state index in [2.05, 4.69) is 15.5 Å².